The molecule has 2 aromatic rings. The van der Waals surface area contributed by atoms with E-state index in [-0.39, 0.29) is 0 Å². The molecule has 2 aromatic carbocycles. The highest BCUT2D eigenvalue weighted by atomic mass is 13.9. The monoisotopic (exact) mass is 227 g/mol. The molecule has 0 heterocycles. The quantitative estimate of drug-likeness (QED) is 0.479. The molecule has 18 heavy (non-hydrogen) atoms. The van der Waals surface area contributed by atoms with Crippen molar-refractivity contribution in [1.82, 2.24) is 0 Å². The van der Waals surface area contributed by atoms with Gasteiger partial charge >= 0.3 is 0 Å². The standard InChI is InChI=1S/C18H10/c1(5-11-17-13-7-3-8-14-17)2-6-12-18-15-9-4-10-16-18/h3-4,7-10,13-16H/i1+1. The fourth-order valence-corrected chi connectivity index (χ4v) is 1.31. The average Bonchev–Trinajstić information content (AvgIpc) is 2.45. The molecule has 2 rings (SSSR count). The molecule has 0 N–H and O–H groups in total. The van der Waals surface area contributed by atoms with Crippen molar-refractivity contribution in [2.45, 2.75) is 0 Å². The highest BCUT2D eigenvalue weighted by Crippen LogP contribution is 1.94. The summed E-state index contributed by atoms with van der Waals surface area (Å²) in [6, 6.07) is 19.5. The molecule has 0 fully saturated rings. The van der Waals surface area contributed by atoms with Gasteiger partial charge in [-0.3, -0.25) is 0 Å². The smallest absolute Gasteiger partial charge is 0.0255 e. The van der Waals surface area contributed by atoms with Crippen molar-refractivity contribution in [3.8, 4) is 35.5 Å². The van der Waals surface area contributed by atoms with Crippen LogP contribution in [0.4, 0.5) is 0 Å². The van der Waals surface area contributed by atoms with Gasteiger partial charge in [0.2, 0.25) is 0 Å². The number of benzene rings is 2. The van der Waals surface area contributed by atoms with Crippen LogP contribution in [0.3, 0.4) is 0 Å². The van der Waals surface area contributed by atoms with E-state index in [1.807, 2.05) is 60.7 Å². The molecule has 0 atom stereocenters. The first-order valence-corrected chi connectivity index (χ1v) is 5.57. The molecule has 0 heteroatoms. The van der Waals surface area contributed by atoms with Gasteiger partial charge in [0.05, 0.1) is 0 Å². The Hall–Kier alpha value is -2.88. The maximum absolute atomic E-state index is 2.95. The van der Waals surface area contributed by atoms with Crippen LogP contribution in [-0.2, 0) is 0 Å². The van der Waals surface area contributed by atoms with E-state index in [9.17, 15) is 0 Å². The van der Waals surface area contributed by atoms with Crippen LogP contribution in [0.25, 0.3) is 0 Å². The fourth-order valence-electron chi connectivity index (χ4n) is 1.31. The normalized spacial score (nSPS) is 7.78. The van der Waals surface area contributed by atoms with Crippen LogP contribution in [0, 0.1) is 35.5 Å². The van der Waals surface area contributed by atoms with Crippen molar-refractivity contribution < 1.29 is 0 Å². The third kappa shape index (κ3) is 3.94. The van der Waals surface area contributed by atoms with Gasteiger partial charge in [-0.15, -0.1) is 0 Å². The van der Waals surface area contributed by atoms with Gasteiger partial charge in [0.25, 0.3) is 0 Å². The lowest BCUT2D eigenvalue weighted by Gasteiger charge is -1.83. The van der Waals surface area contributed by atoms with Crippen LogP contribution < -0.4 is 0 Å². The highest BCUT2D eigenvalue weighted by molar-refractivity contribution is 5.45. The molecular weight excluding hydrogens is 217 g/mol. The van der Waals surface area contributed by atoms with Crippen molar-refractivity contribution in [3.63, 3.8) is 0 Å². The van der Waals surface area contributed by atoms with Crippen LogP contribution in [0.5, 0.6) is 0 Å². The van der Waals surface area contributed by atoms with E-state index in [2.05, 4.69) is 35.5 Å². The SMILES string of the molecule is C(#Cc1ccccc1)C#[13C]C#Cc1ccccc1. The van der Waals surface area contributed by atoms with Gasteiger partial charge < -0.3 is 0 Å². The molecule has 0 nitrogen and oxygen atoms in total. The minimum absolute atomic E-state index is 0.961. The maximum atomic E-state index is 2.95. The molecule has 0 saturated heterocycles. The summed E-state index contributed by atoms with van der Waals surface area (Å²) in [6.07, 6.45) is 0. The van der Waals surface area contributed by atoms with E-state index >= 15 is 0 Å². The Balaban J connectivity index is 1.99. The molecule has 0 bridgehead atoms. The molecule has 0 radical (unpaired) electrons. The van der Waals surface area contributed by atoms with Crippen molar-refractivity contribution in [2.75, 3.05) is 0 Å². The summed E-state index contributed by atoms with van der Waals surface area (Å²) in [5.41, 5.74) is 1.92. The molecule has 0 aromatic heterocycles. The summed E-state index contributed by atoms with van der Waals surface area (Å²) in [6.45, 7) is 0. The third-order valence-electron chi connectivity index (χ3n) is 2.15. The first-order chi connectivity index (χ1) is 8.95. The van der Waals surface area contributed by atoms with Crippen LogP contribution in [0.1, 0.15) is 11.1 Å². The van der Waals surface area contributed by atoms with Crippen molar-refractivity contribution in [1.29, 1.82) is 0 Å². The number of hydrogen-bond acceptors (Lipinski definition) is 0. The number of rotatable bonds is 0. The van der Waals surface area contributed by atoms with Gasteiger partial charge in [-0.25, -0.2) is 0 Å². The topological polar surface area (TPSA) is 0 Å². The first kappa shape index (κ1) is 11.6. The van der Waals surface area contributed by atoms with Crippen molar-refractivity contribution in [3.05, 3.63) is 71.8 Å². The molecule has 0 saturated carbocycles. The molecule has 82 valence electrons. The molecule has 0 aliphatic carbocycles. The van der Waals surface area contributed by atoms with Crippen LogP contribution >= 0.6 is 0 Å². The molecule has 0 aliphatic rings. The van der Waals surface area contributed by atoms with Gasteiger partial charge in [0.15, 0.2) is 0 Å². The van der Waals surface area contributed by atoms with E-state index < -0.39 is 0 Å². The molecule has 0 aliphatic heterocycles. The zero-order chi connectivity index (χ0) is 12.5. The van der Waals surface area contributed by atoms with Gasteiger partial charge in [-0.05, 0) is 47.9 Å². The zero-order valence-electron chi connectivity index (χ0n) is 9.77. The molecular formula is C18H10. The first-order valence-electron chi connectivity index (χ1n) is 5.57. The summed E-state index contributed by atoms with van der Waals surface area (Å²) in [4.78, 5) is 0. The van der Waals surface area contributed by atoms with E-state index in [0.717, 1.165) is 11.1 Å². The van der Waals surface area contributed by atoms with Crippen LogP contribution in [-0.4, -0.2) is 0 Å². The minimum Gasteiger partial charge on any atom is -0.0622 e. The largest absolute Gasteiger partial charge is 0.0622 e. The molecule has 0 amide bonds. The Kier molecular flexibility index (Phi) is 4.28. The van der Waals surface area contributed by atoms with Gasteiger partial charge in [0, 0.05) is 11.1 Å². The van der Waals surface area contributed by atoms with Crippen molar-refractivity contribution in [2.24, 2.45) is 0 Å². The number of hydrogen-bond donors (Lipinski definition) is 0. The van der Waals surface area contributed by atoms with E-state index in [0.29, 0.717) is 0 Å². The van der Waals surface area contributed by atoms with E-state index in [1.54, 1.807) is 0 Å². The van der Waals surface area contributed by atoms with E-state index in [1.165, 1.54) is 0 Å². The maximum Gasteiger partial charge on any atom is 0.0255 e. The lowest BCUT2D eigenvalue weighted by Crippen LogP contribution is -1.69. The Bertz CT molecular complexity index is 614. The summed E-state index contributed by atoms with van der Waals surface area (Å²) >= 11 is 0. The van der Waals surface area contributed by atoms with Crippen molar-refractivity contribution >= 4 is 0 Å². The van der Waals surface area contributed by atoms with Gasteiger partial charge in [-0.1, -0.05) is 48.2 Å². The summed E-state index contributed by atoms with van der Waals surface area (Å²) in [7, 11) is 0. The Labute approximate surface area is 108 Å². The summed E-state index contributed by atoms with van der Waals surface area (Å²) < 4.78 is 0. The second-order valence-corrected chi connectivity index (χ2v) is 3.48. The summed E-state index contributed by atoms with van der Waals surface area (Å²) in [5.74, 6) is 16.9. The van der Waals surface area contributed by atoms with Crippen LogP contribution in [0.2, 0.25) is 0 Å². The lowest BCUT2D eigenvalue weighted by atomic mass is 10.2. The van der Waals surface area contributed by atoms with Crippen LogP contribution in [0.15, 0.2) is 60.7 Å². The van der Waals surface area contributed by atoms with E-state index in [4.69, 9.17) is 0 Å². The fraction of sp³-hybridized carbons (Fsp3) is 0. The predicted octanol–water partition coefficient (Wildman–Crippen LogP) is 3.09. The highest BCUT2D eigenvalue weighted by Gasteiger charge is 1.79. The Morgan fingerprint density at radius 2 is 0.833 bits per heavy atom. The molecule has 0 spiro atoms. The molecule has 0 unspecified atom stereocenters. The average molecular weight is 227 g/mol. The predicted molar refractivity (Wildman–Crippen MR) is 74.4 cm³/mol. The third-order valence-corrected chi connectivity index (χ3v) is 2.15. The van der Waals surface area contributed by atoms with Gasteiger partial charge in [-0.2, -0.15) is 0 Å². The van der Waals surface area contributed by atoms with Gasteiger partial charge in [0.1, 0.15) is 0 Å². The second kappa shape index (κ2) is 6.65. The lowest BCUT2D eigenvalue weighted by molar-refractivity contribution is 1.65. The minimum atomic E-state index is 0.961. The summed E-state index contributed by atoms with van der Waals surface area (Å²) in [5, 5.41) is 0. The zero-order valence-corrected chi connectivity index (χ0v) is 9.77. The second-order valence-electron chi connectivity index (χ2n) is 3.48. The Morgan fingerprint density at radius 3 is 1.22 bits per heavy atom. The Morgan fingerprint density at radius 1 is 0.444 bits per heavy atom.